The molecule has 0 bridgehead atoms. The molecule has 1 aromatic carbocycles. The molecule has 1 unspecified atom stereocenters. The van der Waals surface area contributed by atoms with E-state index >= 15 is 0 Å². The Balaban J connectivity index is 2.90. The Labute approximate surface area is 131 Å². The highest BCUT2D eigenvalue weighted by Gasteiger charge is 2.25. The lowest BCUT2D eigenvalue weighted by molar-refractivity contribution is -0.141. The SMILES string of the molecule is CCC(C(=O)O)N(C)C(=O)Nc1cc(Cl)c(Cl)cc1Cl. The Bertz CT molecular complexity index is 537. The fourth-order valence-electron chi connectivity index (χ4n) is 1.58. The molecule has 1 rings (SSSR count). The maximum atomic E-state index is 12.0. The molecule has 0 saturated carbocycles. The zero-order valence-corrected chi connectivity index (χ0v) is 13.1. The van der Waals surface area contributed by atoms with Crippen LogP contribution in [0.25, 0.3) is 0 Å². The number of halogens is 3. The van der Waals surface area contributed by atoms with Crippen molar-refractivity contribution < 1.29 is 14.7 Å². The molecular formula is C12H13Cl3N2O3. The minimum absolute atomic E-state index is 0.213. The monoisotopic (exact) mass is 338 g/mol. The van der Waals surface area contributed by atoms with Crippen molar-refractivity contribution in [2.24, 2.45) is 0 Å². The molecule has 0 radical (unpaired) electrons. The zero-order chi connectivity index (χ0) is 15.4. The van der Waals surface area contributed by atoms with Crippen molar-refractivity contribution in [3.8, 4) is 0 Å². The summed E-state index contributed by atoms with van der Waals surface area (Å²) in [5.41, 5.74) is 0.262. The first-order valence-corrected chi connectivity index (χ1v) is 6.82. The summed E-state index contributed by atoms with van der Waals surface area (Å²) in [6, 6.07) is 1.28. The molecule has 2 amide bonds. The highest BCUT2D eigenvalue weighted by Crippen LogP contribution is 2.32. The molecule has 0 aliphatic heterocycles. The fraction of sp³-hybridized carbons (Fsp3) is 0.333. The maximum Gasteiger partial charge on any atom is 0.326 e. The van der Waals surface area contributed by atoms with E-state index in [-0.39, 0.29) is 27.2 Å². The third kappa shape index (κ3) is 3.91. The second kappa shape index (κ2) is 7.02. The van der Waals surface area contributed by atoms with Crippen molar-refractivity contribution >= 4 is 52.5 Å². The number of nitrogens with one attached hydrogen (secondary N) is 1. The number of carbonyl (C=O) groups is 2. The Morgan fingerprint density at radius 1 is 1.25 bits per heavy atom. The van der Waals surface area contributed by atoms with Crippen molar-refractivity contribution in [3.63, 3.8) is 0 Å². The molecule has 0 aliphatic carbocycles. The van der Waals surface area contributed by atoms with Crippen molar-refractivity contribution in [2.75, 3.05) is 12.4 Å². The first-order valence-electron chi connectivity index (χ1n) is 5.69. The Hall–Kier alpha value is -1.17. The van der Waals surface area contributed by atoms with Crippen LogP contribution in [0.1, 0.15) is 13.3 Å². The number of anilines is 1. The van der Waals surface area contributed by atoms with Crippen LogP contribution in [0, 0.1) is 0 Å². The summed E-state index contributed by atoms with van der Waals surface area (Å²) in [6.45, 7) is 1.68. The van der Waals surface area contributed by atoms with Crippen molar-refractivity contribution in [1.82, 2.24) is 4.90 Å². The van der Waals surface area contributed by atoms with Crippen molar-refractivity contribution in [2.45, 2.75) is 19.4 Å². The number of benzene rings is 1. The van der Waals surface area contributed by atoms with Crippen molar-refractivity contribution in [1.29, 1.82) is 0 Å². The van der Waals surface area contributed by atoms with Gasteiger partial charge in [0.25, 0.3) is 0 Å². The van der Waals surface area contributed by atoms with Crippen LogP contribution in [-0.4, -0.2) is 35.1 Å². The molecule has 0 aliphatic rings. The summed E-state index contributed by atoms with van der Waals surface area (Å²) in [4.78, 5) is 24.1. The Morgan fingerprint density at radius 3 is 2.30 bits per heavy atom. The third-order valence-corrected chi connectivity index (χ3v) is 3.75. The first-order chi connectivity index (χ1) is 9.27. The molecule has 0 aromatic heterocycles. The van der Waals surface area contributed by atoms with Gasteiger partial charge in [0.2, 0.25) is 0 Å². The largest absolute Gasteiger partial charge is 0.480 e. The Kier molecular flexibility index (Phi) is 5.92. The first kappa shape index (κ1) is 16.9. The molecule has 1 atom stereocenters. The maximum absolute atomic E-state index is 12.0. The number of carbonyl (C=O) groups excluding carboxylic acids is 1. The molecule has 0 spiro atoms. The van der Waals surface area contributed by atoms with Gasteiger partial charge in [-0.2, -0.15) is 0 Å². The lowest BCUT2D eigenvalue weighted by Crippen LogP contribution is -2.44. The van der Waals surface area contributed by atoms with Crippen LogP contribution >= 0.6 is 34.8 Å². The van der Waals surface area contributed by atoms with Gasteiger partial charge in [0.1, 0.15) is 6.04 Å². The molecule has 8 heteroatoms. The van der Waals surface area contributed by atoms with E-state index in [1.807, 2.05) is 0 Å². The van der Waals surface area contributed by atoms with Crippen molar-refractivity contribution in [3.05, 3.63) is 27.2 Å². The number of urea groups is 1. The predicted molar refractivity (Wildman–Crippen MR) is 80.0 cm³/mol. The fourth-order valence-corrected chi connectivity index (χ4v) is 2.17. The van der Waals surface area contributed by atoms with Gasteiger partial charge in [-0.3, -0.25) is 0 Å². The van der Waals surface area contributed by atoms with Gasteiger partial charge in [-0.1, -0.05) is 41.7 Å². The second-order valence-corrected chi connectivity index (χ2v) is 5.27. The van der Waals surface area contributed by atoms with E-state index < -0.39 is 18.0 Å². The predicted octanol–water partition coefficient (Wildman–Crippen LogP) is 3.97. The number of hydrogen-bond donors (Lipinski definition) is 2. The minimum Gasteiger partial charge on any atom is -0.480 e. The third-order valence-electron chi connectivity index (χ3n) is 2.71. The number of carboxylic acids is 1. The van der Waals surface area contributed by atoms with E-state index in [2.05, 4.69) is 5.32 Å². The molecular weight excluding hydrogens is 327 g/mol. The standard InChI is InChI=1S/C12H13Cl3N2O3/c1-3-10(11(18)19)17(2)12(20)16-9-5-7(14)6(13)4-8(9)15/h4-5,10H,3H2,1-2H3,(H,16,20)(H,18,19). The van der Waals surface area contributed by atoms with E-state index in [4.69, 9.17) is 39.9 Å². The van der Waals surface area contributed by atoms with E-state index in [9.17, 15) is 9.59 Å². The van der Waals surface area contributed by atoms with Gasteiger partial charge in [-0.25, -0.2) is 9.59 Å². The summed E-state index contributed by atoms with van der Waals surface area (Å²) in [5, 5.41) is 12.2. The van der Waals surface area contributed by atoms with Crippen LogP contribution in [0.4, 0.5) is 10.5 Å². The quantitative estimate of drug-likeness (QED) is 0.815. The highest BCUT2D eigenvalue weighted by atomic mass is 35.5. The van der Waals surface area contributed by atoms with E-state index in [0.29, 0.717) is 0 Å². The summed E-state index contributed by atoms with van der Waals surface area (Å²) in [6.07, 6.45) is 0.286. The van der Waals surface area contributed by atoms with Gasteiger partial charge in [0, 0.05) is 7.05 Å². The summed E-state index contributed by atoms with van der Waals surface area (Å²) in [7, 11) is 1.39. The number of likely N-dealkylation sites (N-methyl/N-ethyl adjacent to an activating group) is 1. The molecule has 0 fully saturated rings. The molecule has 0 heterocycles. The van der Waals surface area contributed by atoms with Gasteiger partial charge >= 0.3 is 12.0 Å². The molecule has 5 nitrogen and oxygen atoms in total. The topological polar surface area (TPSA) is 69.6 Å². The van der Waals surface area contributed by atoms with Gasteiger partial charge in [-0.15, -0.1) is 0 Å². The van der Waals surface area contributed by atoms with Crippen LogP contribution < -0.4 is 5.32 Å². The smallest absolute Gasteiger partial charge is 0.326 e. The van der Waals surface area contributed by atoms with Crippen LogP contribution in [0.2, 0.25) is 15.1 Å². The number of rotatable bonds is 4. The van der Waals surface area contributed by atoms with Crippen LogP contribution in [0.5, 0.6) is 0 Å². The lowest BCUT2D eigenvalue weighted by Gasteiger charge is -2.24. The molecule has 0 saturated heterocycles. The van der Waals surface area contributed by atoms with Crippen LogP contribution in [-0.2, 0) is 4.79 Å². The van der Waals surface area contributed by atoms with Gasteiger partial charge in [-0.05, 0) is 18.6 Å². The van der Waals surface area contributed by atoms with Crippen LogP contribution in [0.15, 0.2) is 12.1 Å². The minimum atomic E-state index is -1.08. The molecule has 1 aromatic rings. The van der Waals surface area contributed by atoms with Gasteiger partial charge < -0.3 is 15.3 Å². The second-order valence-electron chi connectivity index (χ2n) is 4.05. The van der Waals surface area contributed by atoms with Crippen LogP contribution in [0.3, 0.4) is 0 Å². The molecule has 110 valence electrons. The van der Waals surface area contributed by atoms with E-state index in [0.717, 1.165) is 4.90 Å². The molecule has 20 heavy (non-hydrogen) atoms. The molecule has 2 N–H and O–H groups in total. The summed E-state index contributed by atoms with van der Waals surface area (Å²) in [5.74, 6) is -1.08. The number of amides is 2. The highest BCUT2D eigenvalue weighted by molar-refractivity contribution is 6.44. The van der Waals surface area contributed by atoms with Gasteiger partial charge in [0.15, 0.2) is 0 Å². The van der Waals surface area contributed by atoms with E-state index in [1.54, 1.807) is 6.92 Å². The summed E-state index contributed by atoms with van der Waals surface area (Å²) >= 11 is 17.6. The number of nitrogens with zero attached hydrogens (tertiary/aromatic N) is 1. The number of carboxylic acid groups (broad SMARTS) is 1. The summed E-state index contributed by atoms with van der Waals surface area (Å²) < 4.78 is 0. The average Bonchev–Trinajstić information content (AvgIpc) is 2.36. The normalized spacial score (nSPS) is 11.8. The Morgan fingerprint density at radius 2 is 1.80 bits per heavy atom. The van der Waals surface area contributed by atoms with E-state index in [1.165, 1.54) is 19.2 Å². The number of aliphatic carboxylic acids is 1. The zero-order valence-electron chi connectivity index (χ0n) is 10.8. The van der Waals surface area contributed by atoms with Gasteiger partial charge in [0.05, 0.1) is 20.8 Å². The lowest BCUT2D eigenvalue weighted by atomic mass is 10.2. The average molecular weight is 340 g/mol. The number of hydrogen-bond acceptors (Lipinski definition) is 2.